The molecular formula is C34H63N3O3S. The Bertz CT molecular complexity index is 978. The van der Waals surface area contributed by atoms with Crippen LogP contribution in [0.4, 0.5) is 0 Å². The molecular weight excluding hydrogens is 530 g/mol. The maximum atomic E-state index is 10.2. The number of nitrogens with zero attached hydrogens (tertiary/aromatic N) is 2. The monoisotopic (exact) mass is 593 g/mol. The maximum absolute atomic E-state index is 10.2. The van der Waals surface area contributed by atoms with Gasteiger partial charge in [0.25, 0.3) is 0 Å². The van der Waals surface area contributed by atoms with Crippen molar-refractivity contribution in [2.24, 2.45) is 9.98 Å². The molecule has 0 atom stereocenters. The summed E-state index contributed by atoms with van der Waals surface area (Å²) in [6.45, 7) is 26.9. The highest BCUT2D eigenvalue weighted by Gasteiger charge is 2.30. The molecule has 0 fully saturated rings. The van der Waals surface area contributed by atoms with Gasteiger partial charge in [0.15, 0.2) is 0 Å². The lowest BCUT2D eigenvalue weighted by Gasteiger charge is -2.43. The first-order chi connectivity index (χ1) is 18.8. The standard InChI is InChI=1S/C22H34N2OS.C6H12O2.C4H11N.C2H6/c1-10-12-17(2)24-18(3)21(16-23-7)19-13-11-14-20(15-19)25-26(8,9)22(4,5)6;1-5(7)8-6(2,3)4;1-3-4-5-2;1-2/h10-16H,1-9H3;1-4H3;5H,3-4H2,1-2H3;1-2H3/b12-10-,21-18-,23-16?,24-17-;;;. The third kappa shape index (κ3) is 22.0. The van der Waals surface area contributed by atoms with Crippen molar-refractivity contribution in [2.45, 2.75) is 107 Å². The molecule has 1 N–H and O–H groups in total. The molecule has 1 aromatic rings. The SMILES string of the molecule is CC.CC(=O)OC(C)(C)C.CCCNC.C\C=C/C(C)=N\C(C)=C(\C=NC)c1cccc(OS(C)(C)C(C)(C)C)c1. The lowest BCUT2D eigenvalue weighted by molar-refractivity contribution is -0.151. The van der Waals surface area contributed by atoms with Crippen molar-refractivity contribution in [1.29, 1.82) is 0 Å². The predicted molar refractivity (Wildman–Crippen MR) is 188 cm³/mol. The van der Waals surface area contributed by atoms with Gasteiger partial charge in [-0.1, -0.05) is 49.3 Å². The first-order valence-corrected chi connectivity index (χ1v) is 16.9. The molecule has 41 heavy (non-hydrogen) atoms. The van der Waals surface area contributed by atoms with E-state index in [0.29, 0.717) is 0 Å². The van der Waals surface area contributed by atoms with Gasteiger partial charge < -0.3 is 14.2 Å². The van der Waals surface area contributed by atoms with Crippen molar-refractivity contribution in [1.82, 2.24) is 5.32 Å². The van der Waals surface area contributed by atoms with Gasteiger partial charge >= 0.3 is 5.97 Å². The minimum absolute atomic E-state index is 0.108. The van der Waals surface area contributed by atoms with Crippen molar-refractivity contribution in [3.05, 3.63) is 47.7 Å². The molecule has 238 valence electrons. The van der Waals surface area contributed by atoms with Crippen LogP contribution < -0.4 is 9.50 Å². The summed E-state index contributed by atoms with van der Waals surface area (Å²) >= 11 is 0. The van der Waals surface area contributed by atoms with Crippen LogP contribution in [-0.2, 0) is 9.53 Å². The highest BCUT2D eigenvalue weighted by atomic mass is 32.3. The lowest BCUT2D eigenvalue weighted by Crippen LogP contribution is -2.27. The molecule has 0 bridgehead atoms. The lowest BCUT2D eigenvalue weighted by atomic mass is 10.0. The molecule has 1 rings (SSSR count). The second-order valence-corrected chi connectivity index (χ2v) is 15.3. The molecule has 0 unspecified atom stereocenters. The summed E-state index contributed by atoms with van der Waals surface area (Å²) in [5.74, 6) is 0.666. The minimum atomic E-state index is -1.24. The number of esters is 1. The van der Waals surface area contributed by atoms with E-state index in [2.05, 4.69) is 67.6 Å². The van der Waals surface area contributed by atoms with Gasteiger partial charge in [-0.15, -0.1) is 0 Å². The summed E-state index contributed by atoms with van der Waals surface area (Å²) in [5, 5.41) is 3.02. The van der Waals surface area contributed by atoms with Crippen LogP contribution in [0.3, 0.4) is 0 Å². The Morgan fingerprint density at radius 1 is 1.05 bits per heavy atom. The molecule has 0 aliphatic carbocycles. The number of ether oxygens (including phenoxy) is 1. The van der Waals surface area contributed by atoms with E-state index in [0.717, 1.165) is 34.8 Å². The topological polar surface area (TPSA) is 72.3 Å². The van der Waals surface area contributed by atoms with Gasteiger partial charge in [0, 0.05) is 41.9 Å². The van der Waals surface area contributed by atoms with E-state index in [4.69, 9.17) is 8.92 Å². The molecule has 0 aliphatic heterocycles. The number of nitrogens with one attached hydrogen (secondary N) is 1. The van der Waals surface area contributed by atoms with E-state index in [1.54, 1.807) is 7.05 Å². The Labute approximate surface area is 255 Å². The molecule has 7 heteroatoms. The smallest absolute Gasteiger partial charge is 0.303 e. The number of carbonyl (C=O) groups excluding carboxylic acids is 1. The van der Waals surface area contributed by atoms with Crippen molar-refractivity contribution in [3.8, 4) is 5.75 Å². The Morgan fingerprint density at radius 3 is 1.95 bits per heavy atom. The van der Waals surface area contributed by atoms with Gasteiger partial charge in [-0.25, -0.2) is 0 Å². The average Bonchev–Trinajstić information content (AvgIpc) is 2.83. The fraction of sp³-hybridized carbons (Fsp3) is 0.618. The summed E-state index contributed by atoms with van der Waals surface area (Å²) in [6, 6.07) is 8.21. The zero-order valence-electron chi connectivity index (χ0n) is 29.5. The molecule has 0 spiro atoms. The normalized spacial score (nSPS) is 13.1. The number of benzene rings is 1. The van der Waals surface area contributed by atoms with Gasteiger partial charge in [-0.3, -0.25) is 14.8 Å². The van der Waals surface area contributed by atoms with Crippen LogP contribution in [0.15, 0.2) is 52.1 Å². The van der Waals surface area contributed by atoms with Gasteiger partial charge in [0.05, 0.1) is 0 Å². The second-order valence-electron chi connectivity index (χ2n) is 11.4. The highest BCUT2D eigenvalue weighted by Crippen LogP contribution is 2.53. The van der Waals surface area contributed by atoms with Crippen molar-refractivity contribution < 1.29 is 13.7 Å². The van der Waals surface area contributed by atoms with Crippen molar-refractivity contribution in [2.75, 3.05) is 33.2 Å². The Balaban J connectivity index is -0.000000791. The van der Waals surface area contributed by atoms with Gasteiger partial charge in [-0.2, -0.15) is 0 Å². The van der Waals surface area contributed by atoms with Crippen LogP contribution in [-0.4, -0.2) is 61.4 Å². The molecule has 0 saturated carbocycles. The zero-order chi connectivity index (χ0) is 32.9. The predicted octanol–water partition coefficient (Wildman–Crippen LogP) is 9.30. The Kier molecular flexibility index (Phi) is 23.4. The van der Waals surface area contributed by atoms with Crippen LogP contribution in [0.25, 0.3) is 5.57 Å². The molecule has 0 amide bonds. The summed E-state index contributed by atoms with van der Waals surface area (Å²) < 4.78 is 11.3. The third-order valence-corrected chi connectivity index (χ3v) is 8.83. The number of hydrogen-bond donors (Lipinski definition) is 1. The minimum Gasteiger partial charge on any atom is -0.460 e. The van der Waals surface area contributed by atoms with E-state index >= 15 is 0 Å². The molecule has 1 aromatic carbocycles. The fourth-order valence-electron chi connectivity index (χ4n) is 2.87. The van der Waals surface area contributed by atoms with E-state index in [1.165, 1.54) is 13.3 Å². The first kappa shape index (κ1) is 43.1. The largest absolute Gasteiger partial charge is 0.460 e. The number of carbonyl (C=O) groups is 1. The zero-order valence-corrected chi connectivity index (χ0v) is 30.3. The fourth-order valence-corrected chi connectivity index (χ4v) is 3.71. The number of aliphatic imine (C=N–C) groups is 2. The van der Waals surface area contributed by atoms with Crippen LogP contribution >= 0.6 is 10.3 Å². The van der Waals surface area contributed by atoms with Crippen LogP contribution in [0, 0.1) is 0 Å². The van der Waals surface area contributed by atoms with Crippen molar-refractivity contribution >= 4 is 33.8 Å². The van der Waals surface area contributed by atoms with E-state index in [9.17, 15) is 4.79 Å². The summed E-state index contributed by atoms with van der Waals surface area (Å²) in [6.07, 6.45) is 11.5. The molecule has 0 aromatic heterocycles. The quantitative estimate of drug-likeness (QED) is 0.241. The number of hydrogen-bond acceptors (Lipinski definition) is 6. The highest BCUT2D eigenvalue weighted by molar-refractivity contribution is 8.30. The van der Waals surface area contributed by atoms with Crippen LogP contribution in [0.1, 0.15) is 102 Å². The van der Waals surface area contributed by atoms with E-state index < -0.39 is 10.3 Å². The Hall–Kier alpha value is -2.38. The Morgan fingerprint density at radius 2 is 1.61 bits per heavy atom. The molecule has 0 radical (unpaired) electrons. The molecule has 6 nitrogen and oxygen atoms in total. The molecule has 0 aliphatic rings. The summed E-state index contributed by atoms with van der Waals surface area (Å²) in [4.78, 5) is 19.1. The van der Waals surface area contributed by atoms with E-state index in [-0.39, 0.29) is 16.3 Å². The molecule has 0 saturated heterocycles. The van der Waals surface area contributed by atoms with Gasteiger partial charge in [0.2, 0.25) is 0 Å². The second kappa shape index (κ2) is 22.2. The first-order valence-electron chi connectivity index (χ1n) is 14.5. The number of rotatable bonds is 8. The maximum Gasteiger partial charge on any atom is 0.303 e. The van der Waals surface area contributed by atoms with Crippen LogP contribution in [0.5, 0.6) is 5.75 Å². The summed E-state index contributed by atoms with van der Waals surface area (Å²) in [5.41, 5.74) is 3.65. The summed E-state index contributed by atoms with van der Waals surface area (Å²) in [7, 11) is 2.50. The van der Waals surface area contributed by atoms with E-state index in [1.807, 2.05) is 92.9 Å². The van der Waals surface area contributed by atoms with Gasteiger partial charge in [0.1, 0.15) is 11.4 Å². The van der Waals surface area contributed by atoms with Crippen LogP contribution in [0.2, 0.25) is 0 Å². The number of allylic oxidation sites excluding steroid dienone is 4. The van der Waals surface area contributed by atoms with Crippen molar-refractivity contribution in [3.63, 3.8) is 0 Å². The molecule has 0 heterocycles. The average molecular weight is 594 g/mol. The van der Waals surface area contributed by atoms with Gasteiger partial charge in [-0.05, 0) is 119 Å². The third-order valence-electron chi connectivity index (χ3n) is 5.27.